The van der Waals surface area contributed by atoms with E-state index in [4.69, 9.17) is 9.90 Å². The summed E-state index contributed by atoms with van der Waals surface area (Å²) in [6.45, 7) is 7.84. The van der Waals surface area contributed by atoms with E-state index in [0.717, 1.165) is 42.1 Å². The summed E-state index contributed by atoms with van der Waals surface area (Å²) >= 11 is 0. The Kier molecular flexibility index (Phi) is 8.52. The summed E-state index contributed by atoms with van der Waals surface area (Å²) in [5.74, 6) is -2.76. The lowest BCUT2D eigenvalue weighted by molar-refractivity contribution is -0.192. The number of anilines is 1. The van der Waals surface area contributed by atoms with E-state index in [1.807, 2.05) is 55.7 Å². The first-order chi connectivity index (χ1) is 17.0. The standard InChI is InChI=1S/C24H28N4O.C2HF3O2/c1-17(2)28-16-25-21-12-13-27(15-19-9-5-4-6-10-19)23(22(21)28)24(29)26-20-11-7-8-18(3)14-20;3-2(4,5)1(6)7/h4-11,14,16-17,23H,12-13,15H2,1-3H3,(H,26,29);(H,6,7). The lowest BCUT2D eigenvalue weighted by atomic mass is 9.99. The number of amides is 1. The van der Waals surface area contributed by atoms with Crippen molar-refractivity contribution in [3.05, 3.63) is 83.4 Å². The number of rotatable bonds is 5. The number of carbonyl (C=O) groups excluding carboxylic acids is 1. The SMILES string of the molecule is Cc1cccc(NC(=O)C2c3c(ncn3C(C)C)CCN2Cc2ccccc2)c1.O=C(O)C(F)(F)F. The van der Waals surface area contributed by atoms with Gasteiger partial charge in [-0.25, -0.2) is 9.78 Å². The molecule has 0 fully saturated rings. The molecule has 0 bridgehead atoms. The predicted octanol–water partition coefficient (Wildman–Crippen LogP) is 5.14. The van der Waals surface area contributed by atoms with E-state index in [1.54, 1.807) is 0 Å². The number of halogens is 3. The number of aryl methyl sites for hydroxylation is 1. The van der Waals surface area contributed by atoms with Crippen LogP contribution in [-0.4, -0.2) is 44.2 Å². The molecule has 7 nitrogen and oxygen atoms in total. The van der Waals surface area contributed by atoms with Gasteiger partial charge in [0.1, 0.15) is 6.04 Å². The van der Waals surface area contributed by atoms with Crippen molar-refractivity contribution in [2.45, 2.75) is 52.0 Å². The maximum Gasteiger partial charge on any atom is 0.490 e. The van der Waals surface area contributed by atoms with Crippen LogP contribution in [0.1, 0.15) is 48.4 Å². The number of carboxylic acids is 1. The van der Waals surface area contributed by atoms with Crippen LogP contribution in [-0.2, 0) is 22.6 Å². The monoisotopic (exact) mass is 502 g/mol. The third-order valence-corrected chi connectivity index (χ3v) is 5.73. The van der Waals surface area contributed by atoms with Crippen molar-refractivity contribution in [1.29, 1.82) is 0 Å². The van der Waals surface area contributed by atoms with Crippen molar-refractivity contribution in [2.24, 2.45) is 0 Å². The van der Waals surface area contributed by atoms with Crippen molar-refractivity contribution in [3.63, 3.8) is 0 Å². The number of aliphatic carboxylic acids is 1. The maximum atomic E-state index is 13.5. The molecule has 3 aromatic rings. The molecule has 0 spiro atoms. The van der Waals surface area contributed by atoms with Crippen molar-refractivity contribution < 1.29 is 27.9 Å². The van der Waals surface area contributed by atoms with Gasteiger partial charge in [0.25, 0.3) is 0 Å². The molecule has 2 heterocycles. The molecule has 1 atom stereocenters. The topological polar surface area (TPSA) is 87.5 Å². The summed E-state index contributed by atoms with van der Waals surface area (Å²) in [6, 6.07) is 18.2. The molecule has 2 N–H and O–H groups in total. The molecule has 1 aliphatic heterocycles. The molecule has 1 aliphatic rings. The second-order valence-corrected chi connectivity index (χ2v) is 8.85. The normalized spacial score (nSPS) is 15.6. The van der Waals surface area contributed by atoms with Gasteiger partial charge in [-0.3, -0.25) is 9.69 Å². The number of benzene rings is 2. The van der Waals surface area contributed by atoms with Crippen LogP contribution in [0.25, 0.3) is 0 Å². The number of aromatic nitrogens is 2. The fourth-order valence-electron chi connectivity index (χ4n) is 4.08. The Morgan fingerprint density at radius 1 is 1.14 bits per heavy atom. The average Bonchev–Trinajstić information content (AvgIpc) is 3.24. The van der Waals surface area contributed by atoms with Crippen molar-refractivity contribution in [1.82, 2.24) is 14.5 Å². The number of imidazole rings is 1. The van der Waals surface area contributed by atoms with Crippen LogP contribution in [0.2, 0.25) is 0 Å². The van der Waals surface area contributed by atoms with Crippen LogP contribution in [0.4, 0.5) is 18.9 Å². The fourth-order valence-corrected chi connectivity index (χ4v) is 4.08. The molecule has 10 heteroatoms. The lowest BCUT2D eigenvalue weighted by Crippen LogP contribution is -2.42. The smallest absolute Gasteiger partial charge is 0.475 e. The highest BCUT2D eigenvalue weighted by Gasteiger charge is 2.38. The number of hydrogen-bond donors (Lipinski definition) is 2. The molecular weight excluding hydrogens is 473 g/mol. The summed E-state index contributed by atoms with van der Waals surface area (Å²) in [7, 11) is 0. The van der Waals surface area contributed by atoms with Crippen molar-refractivity contribution in [3.8, 4) is 0 Å². The molecular formula is C26H29F3N4O3. The zero-order valence-electron chi connectivity index (χ0n) is 20.3. The highest BCUT2D eigenvalue weighted by Crippen LogP contribution is 2.33. The summed E-state index contributed by atoms with van der Waals surface area (Å²) in [5, 5.41) is 10.3. The van der Waals surface area contributed by atoms with E-state index in [9.17, 15) is 18.0 Å². The Labute approximate surface area is 207 Å². The Morgan fingerprint density at radius 3 is 2.39 bits per heavy atom. The van der Waals surface area contributed by atoms with Crippen molar-refractivity contribution in [2.75, 3.05) is 11.9 Å². The lowest BCUT2D eigenvalue weighted by Gasteiger charge is -2.36. The van der Waals surface area contributed by atoms with Crippen LogP contribution >= 0.6 is 0 Å². The number of hydrogen-bond acceptors (Lipinski definition) is 4. The predicted molar refractivity (Wildman–Crippen MR) is 129 cm³/mol. The number of nitrogens with zero attached hydrogens (tertiary/aromatic N) is 3. The van der Waals surface area contributed by atoms with Crippen LogP contribution in [0.3, 0.4) is 0 Å². The first-order valence-electron chi connectivity index (χ1n) is 11.5. The maximum absolute atomic E-state index is 13.5. The molecule has 1 unspecified atom stereocenters. The summed E-state index contributed by atoms with van der Waals surface area (Å²) in [4.78, 5) is 29.3. The highest BCUT2D eigenvalue weighted by atomic mass is 19.4. The van der Waals surface area contributed by atoms with Crippen LogP contribution in [0.15, 0.2) is 60.9 Å². The van der Waals surface area contributed by atoms with Gasteiger partial charge in [-0.2, -0.15) is 13.2 Å². The van der Waals surface area contributed by atoms with E-state index in [-0.39, 0.29) is 18.0 Å². The molecule has 2 aromatic carbocycles. The molecule has 0 saturated carbocycles. The average molecular weight is 503 g/mol. The summed E-state index contributed by atoms with van der Waals surface area (Å²) in [5.41, 5.74) is 5.22. The van der Waals surface area contributed by atoms with Gasteiger partial charge in [-0.15, -0.1) is 0 Å². The molecule has 0 saturated heterocycles. The van der Waals surface area contributed by atoms with E-state index in [2.05, 4.69) is 45.7 Å². The van der Waals surface area contributed by atoms with E-state index in [1.165, 1.54) is 5.56 Å². The first-order valence-corrected chi connectivity index (χ1v) is 11.5. The summed E-state index contributed by atoms with van der Waals surface area (Å²) < 4.78 is 33.9. The molecule has 0 radical (unpaired) electrons. The Hall–Kier alpha value is -3.66. The van der Waals surface area contributed by atoms with E-state index in [0.29, 0.717) is 0 Å². The molecule has 1 aromatic heterocycles. The van der Waals surface area contributed by atoms with Crippen LogP contribution in [0, 0.1) is 6.92 Å². The zero-order valence-corrected chi connectivity index (χ0v) is 20.3. The largest absolute Gasteiger partial charge is 0.490 e. The third kappa shape index (κ3) is 6.72. The molecule has 192 valence electrons. The minimum Gasteiger partial charge on any atom is -0.475 e. The third-order valence-electron chi connectivity index (χ3n) is 5.73. The fraction of sp³-hybridized carbons (Fsp3) is 0.346. The van der Waals surface area contributed by atoms with Gasteiger partial charge in [0.15, 0.2) is 0 Å². The minimum absolute atomic E-state index is 0.00474. The summed E-state index contributed by atoms with van der Waals surface area (Å²) in [6.07, 6.45) is -2.34. The molecule has 1 amide bonds. The quantitative estimate of drug-likeness (QED) is 0.504. The number of alkyl halides is 3. The van der Waals surface area contributed by atoms with Crippen molar-refractivity contribution >= 4 is 17.6 Å². The van der Waals surface area contributed by atoms with E-state index >= 15 is 0 Å². The van der Waals surface area contributed by atoms with Gasteiger partial charge in [0.05, 0.1) is 17.7 Å². The minimum atomic E-state index is -5.08. The van der Waals surface area contributed by atoms with Gasteiger partial charge < -0.3 is 15.0 Å². The number of carbonyl (C=O) groups is 2. The molecule has 4 rings (SSSR count). The molecule has 0 aliphatic carbocycles. The van der Waals surface area contributed by atoms with Gasteiger partial charge in [-0.05, 0) is 44.0 Å². The van der Waals surface area contributed by atoms with Gasteiger partial charge >= 0.3 is 12.1 Å². The highest BCUT2D eigenvalue weighted by molar-refractivity contribution is 5.95. The Balaban J connectivity index is 0.000000454. The van der Waals surface area contributed by atoms with Crippen LogP contribution in [0.5, 0.6) is 0 Å². The van der Waals surface area contributed by atoms with Gasteiger partial charge in [0, 0.05) is 31.2 Å². The second kappa shape index (κ2) is 11.4. The van der Waals surface area contributed by atoms with Gasteiger partial charge in [-0.1, -0.05) is 42.5 Å². The second-order valence-electron chi connectivity index (χ2n) is 8.85. The first kappa shape index (κ1) is 26.9. The van der Waals surface area contributed by atoms with Crippen LogP contribution < -0.4 is 5.32 Å². The number of fused-ring (bicyclic) bond motifs is 1. The number of nitrogens with one attached hydrogen (secondary N) is 1. The number of carboxylic acid groups (broad SMARTS) is 1. The van der Waals surface area contributed by atoms with Gasteiger partial charge in [0.2, 0.25) is 5.91 Å². The molecule has 36 heavy (non-hydrogen) atoms. The Bertz CT molecular complexity index is 1190. The zero-order chi connectivity index (χ0) is 26.5. The van der Waals surface area contributed by atoms with E-state index < -0.39 is 12.1 Å². The Morgan fingerprint density at radius 2 is 1.81 bits per heavy atom.